The Bertz CT molecular complexity index is 726. The van der Waals surface area contributed by atoms with Gasteiger partial charge < -0.3 is 10.1 Å². The van der Waals surface area contributed by atoms with Crippen LogP contribution in [0, 0.1) is 5.92 Å². The van der Waals surface area contributed by atoms with Crippen molar-refractivity contribution in [2.75, 3.05) is 24.9 Å². The Labute approximate surface area is 167 Å². The highest BCUT2D eigenvalue weighted by atomic mass is 35.5. The quantitative estimate of drug-likeness (QED) is 0.289. The molecular weight excluding hydrogens is 394 g/mol. The number of hydrogen-bond acceptors (Lipinski definition) is 6. The molecule has 1 N–H and O–H groups in total. The first kappa shape index (κ1) is 22.6. The summed E-state index contributed by atoms with van der Waals surface area (Å²) in [4.78, 5) is 37.4. The van der Waals surface area contributed by atoms with E-state index >= 15 is 0 Å². The van der Waals surface area contributed by atoms with Crippen LogP contribution in [0.5, 0.6) is 0 Å². The fraction of sp³-hybridized carbons (Fsp3) is 0.389. The van der Waals surface area contributed by atoms with Crippen molar-refractivity contribution < 1.29 is 19.1 Å². The summed E-state index contributed by atoms with van der Waals surface area (Å²) >= 11 is 8.65. The zero-order valence-corrected chi connectivity index (χ0v) is 17.7. The van der Waals surface area contributed by atoms with Crippen molar-refractivity contribution in [3.05, 3.63) is 38.6 Å². The number of carbonyl (C=O) groups is 3. The lowest BCUT2D eigenvalue weighted by Gasteiger charge is -2.15. The first-order chi connectivity index (χ1) is 12.2. The summed E-state index contributed by atoms with van der Waals surface area (Å²) < 4.78 is 5.35. The van der Waals surface area contributed by atoms with Gasteiger partial charge in [-0.2, -0.15) is 0 Å². The number of anilines is 1. The van der Waals surface area contributed by atoms with E-state index in [1.54, 1.807) is 12.5 Å². The average Bonchev–Trinajstić information content (AvgIpc) is 2.58. The number of esters is 1. The summed E-state index contributed by atoms with van der Waals surface area (Å²) in [5.74, 6) is -1.29. The van der Waals surface area contributed by atoms with Gasteiger partial charge in [-0.15, -0.1) is 23.5 Å². The minimum absolute atomic E-state index is 0.0921. The van der Waals surface area contributed by atoms with Crippen molar-refractivity contribution in [3.8, 4) is 0 Å². The van der Waals surface area contributed by atoms with Crippen LogP contribution in [-0.4, -0.2) is 37.3 Å². The van der Waals surface area contributed by atoms with E-state index < -0.39 is 11.9 Å². The smallest absolute Gasteiger partial charge is 0.339 e. The lowest BCUT2D eigenvalue weighted by Crippen LogP contribution is -2.23. The molecule has 8 heteroatoms. The van der Waals surface area contributed by atoms with E-state index in [1.165, 1.54) is 48.8 Å². The van der Waals surface area contributed by atoms with Crippen LogP contribution in [0.2, 0.25) is 5.02 Å². The molecule has 0 aliphatic heterocycles. The fourth-order valence-corrected chi connectivity index (χ4v) is 3.85. The maximum Gasteiger partial charge on any atom is 0.339 e. The second-order valence-electron chi connectivity index (χ2n) is 5.73. The van der Waals surface area contributed by atoms with Crippen LogP contribution in [0.15, 0.2) is 28.0 Å². The molecule has 0 spiro atoms. The Kier molecular flexibility index (Phi) is 9.25. The molecule has 142 valence electrons. The molecule has 5 nitrogen and oxygen atoms in total. The van der Waals surface area contributed by atoms with Gasteiger partial charge in [0.25, 0.3) is 5.91 Å². The molecule has 0 unspecified atom stereocenters. The maximum absolute atomic E-state index is 12.9. The number of benzene rings is 1. The summed E-state index contributed by atoms with van der Waals surface area (Å²) in [5.41, 5.74) is 0.455. The van der Waals surface area contributed by atoms with Gasteiger partial charge in [0.2, 0.25) is 0 Å². The zero-order valence-electron chi connectivity index (χ0n) is 15.3. The minimum atomic E-state index is -0.606. The van der Waals surface area contributed by atoms with Crippen LogP contribution in [-0.2, 0) is 14.3 Å². The monoisotopic (exact) mass is 415 g/mol. The maximum atomic E-state index is 12.9. The van der Waals surface area contributed by atoms with Crippen molar-refractivity contribution >= 4 is 58.5 Å². The molecular formula is C18H22ClNO4S2. The van der Waals surface area contributed by atoms with E-state index in [1.807, 2.05) is 13.8 Å². The van der Waals surface area contributed by atoms with Gasteiger partial charge in [-0.1, -0.05) is 25.4 Å². The molecule has 0 heterocycles. The molecule has 0 saturated carbocycles. The predicted octanol–water partition coefficient (Wildman–Crippen LogP) is 4.62. The summed E-state index contributed by atoms with van der Waals surface area (Å²) in [5, 5.41) is 2.99. The number of carbonyl (C=O) groups excluding carboxylic acids is 3. The van der Waals surface area contributed by atoms with Gasteiger partial charge in [-0.05, 0) is 36.6 Å². The molecule has 0 aliphatic rings. The van der Waals surface area contributed by atoms with E-state index in [4.69, 9.17) is 16.3 Å². The lowest BCUT2D eigenvalue weighted by atomic mass is 10.0. The van der Waals surface area contributed by atoms with Gasteiger partial charge in [-0.3, -0.25) is 9.59 Å². The summed E-state index contributed by atoms with van der Waals surface area (Å²) in [7, 11) is 1.25. The van der Waals surface area contributed by atoms with Crippen molar-refractivity contribution in [1.29, 1.82) is 0 Å². The van der Waals surface area contributed by atoms with Crippen molar-refractivity contribution in [3.63, 3.8) is 0 Å². The Morgan fingerprint density at radius 2 is 1.81 bits per heavy atom. The predicted molar refractivity (Wildman–Crippen MR) is 110 cm³/mol. The number of methoxy groups -OCH3 is 1. The third-order valence-corrected chi connectivity index (χ3v) is 5.69. The van der Waals surface area contributed by atoms with Gasteiger partial charge in [0.1, 0.15) is 5.57 Å². The van der Waals surface area contributed by atoms with Crippen molar-refractivity contribution in [1.82, 2.24) is 0 Å². The van der Waals surface area contributed by atoms with Crippen LogP contribution in [0.25, 0.3) is 0 Å². The lowest BCUT2D eigenvalue weighted by molar-refractivity contribution is -0.120. The molecule has 1 aromatic carbocycles. The van der Waals surface area contributed by atoms with Gasteiger partial charge in [-0.25, -0.2) is 4.79 Å². The molecule has 0 aromatic heterocycles. The van der Waals surface area contributed by atoms with Crippen LogP contribution in [0.3, 0.4) is 0 Å². The molecule has 1 aromatic rings. The van der Waals surface area contributed by atoms with Gasteiger partial charge >= 0.3 is 5.97 Å². The molecule has 1 rings (SSSR count). The van der Waals surface area contributed by atoms with E-state index in [2.05, 4.69) is 5.32 Å². The van der Waals surface area contributed by atoms with Gasteiger partial charge in [0, 0.05) is 11.4 Å². The molecule has 0 saturated heterocycles. The Hall–Kier alpha value is -1.44. The standard InChI is InChI=1S/C18H22ClNO4S2/c1-10(2)8-14(21)15(18(25-4)26-5)16(22)20-13-9-11(19)6-7-12(13)17(23)24-3/h6-7,9-10H,8H2,1-5H3,(H,20,22). The van der Waals surface area contributed by atoms with Crippen LogP contribution < -0.4 is 5.32 Å². The first-order valence-corrected chi connectivity index (χ1v) is 10.6. The highest BCUT2D eigenvalue weighted by Gasteiger charge is 2.25. The Balaban J connectivity index is 3.31. The number of nitrogens with one attached hydrogen (secondary N) is 1. The summed E-state index contributed by atoms with van der Waals surface area (Å²) in [6.07, 6.45) is 3.87. The van der Waals surface area contributed by atoms with Gasteiger partial charge in [0.15, 0.2) is 5.78 Å². The molecule has 26 heavy (non-hydrogen) atoms. The van der Waals surface area contributed by atoms with Crippen LogP contribution in [0.4, 0.5) is 5.69 Å². The molecule has 1 amide bonds. The molecule has 0 fully saturated rings. The first-order valence-electron chi connectivity index (χ1n) is 7.79. The topological polar surface area (TPSA) is 72.5 Å². The molecule has 0 bridgehead atoms. The third-order valence-electron chi connectivity index (χ3n) is 3.31. The number of amides is 1. The summed E-state index contributed by atoms with van der Waals surface area (Å²) in [6, 6.07) is 4.45. The SMILES string of the molecule is COC(=O)c1ccc(Cl)cc1NC(=O)C(C(=O)CC(C)C)=C(SC)SC. The number of rotatable bonds is 8. The summed E-state index contributed by atoms with van der Waals surface area (Å²) in [6.45, 7) is 3.83. The number of ether oxygens (including phenoxy) is 1. The molecule has 0 atom stereocenters. The highest BCUT2D eigenvalue weighted by molar-refractivity contribution is 8.21. The van der Waals surface area contributed by atoms with E-state index in [9.17, 15) is 14.4 Å². The van der Waals surface area contributed by atoms with E-state index in [0.29, 0.717) is 9.26 Å². The fourth-order valence-electron chi connectivity index (χ4n) is 2.19. The van der Waals surface area contributed by atoms with E-state index in [-0.39, 0.29) is 34.9 Å². The molecule has 0 aliphatic carbocycles. The number of hydrogen-bond donors (Lipinski definition) is 1. The van der Waals surface area contributed by atoms with Crippen molar-refractivity contribution in [2.24, 2.45) is 5.92 Å². The number of Topliss-reactive ketones (excluding diaryl/α,β-unsaturated/α-hetero) is 1. The third kappa shape index (κ3) is 6.07. The Morgan fingerprint density at radius 1 is 1.19 bits per heavy atom. The zero-order chi connectivity index (χ0) is 19.9. The number of thioether (sulfide) groups is 2. The van der Waals surface area contributed by atoms with Crippen LogP contribution >= 0.6 is 35.1 Å². The Morgan fingerprint density at radius 3 is 2.31 bits per heavy atom. The van der Waals surface area contributed by atoms with Crippen molar-refractivity contribution in [2.45, 2.75) is 20.3 Å². The average molecular weight is 416 g/mol. The highest BCUT2D eigenvalue weighted by Crippen LogP contribution is 2.31. The largest absolute Gasteiger partial charge is 0.465 e. The van der Waals surface area contributed by atoms with Crippen LogP contribution in [0.1, 0.15) is 30.6 Å². The minimum Gasteiger partial charge on any atom is -0.465 e. The molecule has 0 radical (unpaired) electrons. The second-order valence-corrected chi connectivity index (χ2v) is 8.06. The number of halogens is 1. The van der Waals surface area contributed by atoms with Gasteiger partial charge in [0.05, 0.1) is 22.6 Å². The number of ketones is 1. The second kappa shape index (κ2) is 10.6. The van der Waals surface area contributed by atoms with E-state index in [0.717, 1.165) is 0 Å². The normalized spacial score (nSPS) is 10.4.